The Morgan fingerprint density at radius 1 is 1.32 bits per heavy atom. The maximum atomic E-state index is 5.85. The minimum absolute atomic E-state index is 0.113. The summed E-state index contributed by atoms with van der Waals surface area (Å²) < 4.78 is 7.76. The van der Waals surface area contributed by atoms with Gasteiger partial charge in [0, 0.05) is 13.1 Å². The Hall–Kier alpha value is -1.88. The van der Waals surface area contributed by atoms with Gasteiger partial charge in [-0.15, -0.1) is 10.2 Å². The molecule has 2 N–H and O–H groups in total. The molecule has 0 saturated carbocycles. The molecule has 1 aromatic carbocycles. The maximum Gasteiger partial charge on any atom is 0.170 e. The van der Waals surface area contributed by atoms with Crippen LogP contribution in [0, 0.1) is 6.92 Å². The van der Waals surface area contributed by atoms with Crippen LogP contribution in [0.5, 0.6) is 5.75 Å². The summed E-state index contributed by atoms with van der Waals surface area (Å²) in [5.74, 6) is 2.55. The molecule has 2 rings (SSSR count). The second kappa shape index (κ2) is 5.84. The molecule has 0 spiro atoms. The van der Waals surface area contributed by atoms with E-state index in [-0.39, 0.29) is 6.04 Å². The molecular formula is C14H20N4O. The first-order chi connectivity index (χ1) is 9.08. The topological polar surface area (TPSA) is 66.0 Å². The molecule has 0 saturated heterocycles. The molecule has 19 heavy (non-hydrogen) atoms. The zero-order valence-corrected chi connectivity index (χ0v) is 11.6. The van der Waals surface area contributed by atoms with Crippen LogP contribution in [0.2, 0.25) is 0 Å². The number of para-hydroxylation sites is 1. The van der Waals surface area contributed by atoms with Gasteiger partial charge in [0.1, 0.15) is 18.2 Å². The van der Waals surface area contributed by atoms with E-state index in [2.05, 4.69) is 10.2 Å². The third-order valence-corrected chi connectivity index (χ3v) is 3.05. The van der Waals surface area contributed by atoms with Crippen LogP contribution in [0.15, 0.2) is 24.3 Å². The van der Waals surface area contributed by atoms with E-state index < -0.39 is 0 Å². The predicted octanol–water partition coefficient (Wildman–Crippen LogP) is 1.59. The first kappa shape index (κ1) is 13.5. The minimum Gasteiger partial charge on any atom is -0.485 e. The summed E-state index contributed by atoms with van der Waals surface area (Å²) in [4.78, 5) is 0. The van der Waals surface area contributed by atoms with Crippen molar-refractivity contribution in [2.45, 2.75) is 32.9 Å². The van der Waals surface area contributed by atoms with Gasteiger partial charge in [0.2, 0.25) is 0 Å². The van der Waals surface area contributed by atoms with Crippen LogP contribution in [0.1, 0.15) is 24.1 Å². The molecule has 0 radical (unpaired) electrons. The fraction of sp³-hybridized carbons (Fsp3) is 0.429. The van der Waals surface area contributed by atoms with E-state index in [0.717, 1.165) is 29.4 Å². The molecule has 102 valence electrons. The zero-order chi connectivity index (χ0) is 13.8. The fourth-order valence-electron chi connectivity index (χ4n) is 1.88. The highest BCUT2D eigenvalue weighted by Crippen LogP contribution is 2.20. The third kappa shape index (κ3) is 3.32. The number of rotatable bonds is 5. The lowest BCUT2D eigenvalue weighted by molar-refractivity contribution is 0.287. The van der Waals surface area contributed by atoms with Crippen molar-refractivity contribution in [3.8, 4) is 5.75 Å². The van der Waals surface area contributed by atoms with Crippen molar-refractivity contribution < 1.29 is 4.74 Å². The molecule has 0 amide bonds. The summed E-state index contributed by atoms with van der Waals surface area (Å²) in [5, 5.41) is 8.10. The number of aromatic nitrogens is 3. The number of nitrogens with two attached hydrogens (primary N) is 1. The van der Waals surface area contributed by atoms with Gasteiger partial charge in [0.15, 0.2) is 5.82 Å². The molecule has 0 aliphatic rings. The highest BCUT2D eigenvalue weighted by atomic mass is 16.5. The molecule has 1 atom stereocenters. The van der Waals surface area contributed by atoms with Crippen LogP contribution < -0.4 is 10.5 Å². The van der Waals surface area contributed by atoms with E-state index in [0.29, 0.717) is 6.61 Å². The number of ether oxygens (including phenoxy) is 1. The van der Waals surface area contributed by atoms with Crippen molar-refractivity contribution in [3.05, 3.63) is 41.5 Å². The van der Waals surface area contributed by atoms with Crippen LogP contribution in [-0.2, 0) is 20.1 Å². The van der Waals surface area contributed by atoms with Gasteiger partial charge in [-0.25, -0.2) is 0 Å². The van der Waals surface area contributed by atoms with Gasteiger partial charge in [-0.2, -0.15) is 0 Å². The van der Waals surface area contributed by atoms with Crippen molar-refractivity contribution >= 4 is 0 Å². The van der Waals surface area contributed by atoms with E-state index in [1.807, 2.05) is 49.7 Å². The minimum atomic E-state index is 0.113. The van der Waals surface area contributed by atoms with Gasteiger partial charge in [-0.1, -0.05) is 18.2 Å². The second-order valence-electron chi connectivity index (χ2n) is 4.80. The molecule has 5 heteroatoms. The van der Waals surface area contributed by atoms with Crippen molar-refractivity contribution in [2.24, 2.45) is 12.8 Å². The molecule has 1 aromatic heterocycles. The summed E-state index contributed by atoms with van der Waals surface area (Å²) in [6, 6.07) is 8.07. The van der Waals surface area contributed by atoms with Crippen LogP contribution in [0.25, 0.3) is 0 Å². The smallest absolute Gasteiger partial charge is 0.170 e. The molecule has 0 fully saturated rings. The molecule has 1 unspecified atom stereocenters. The van der Waals surface area contributed by atoms with Crippen molar-refractivity contribution in [1.82, 2.24) is 14.8 Å². The molecule has 5 nitrogen and oxygen atoms in total. The lowest BCUT2D eigenvalue weighted by Crippen LogP contribution is -2.18. The van der Waals surface area contributed by atoms with Crippen LogP contribution in [-0.4, -0.2) is 20.8 Å². The van der Waals surface area contributed by atoms with Crippen LogP contribution >= 0.6 is 0 Å². The molecule has 0 bridgehead atoms. The van der Waals surface area contributed by atoms with Gasteiger partial charge in [0.05, 0.1) is 0 Å². The summed E-state index contributed by atoms with van der Waals surface area (Å²) in [6.07, 6.45) is 0.800. The lowest BCUT2D eigenvalue weighted by atomic mass is 10.1. The Kier molecular flexibility index (Phi) is 4.16. The van der Waals surface area contributed by atoms with Crippen LogP contribution in [0.4, 0.5) is 0 Å². The normalized spacial score (nSPS) is 12.4. The molecule has 0 aliphatic heterocycles. The van der Waals surface area contributed by atoms with E-state index in [9.17, 15) is 0 Å². The zero-order valence-electron chi connectivity index (χ0n) is 11.6. The number of aryl methyl sites for hydroxylation is 1. The summed E-state index contributed by atoms with van der Waals surface area (Å²) >= 11 is 0. The van der Waals surface area contributed by atoms with Gasteiger partial charge >= 0.3 is 0 Å². The summed E-state index contributed by atoms with van der Waals surface area (Å²) in [5.41, 5.74) is 6.97. The molecular weight excluding hydrogens is 240 g/mol. The lowest BCUT2D eigenvalue weighted by Gasteiger charge is -2.12. The Balaban J connectivity index is 2.09. The Morgan fingerprint density at radius 3 is 2.68 bits per heavy atom. The highest BCUT2D eigenvalue weighted by Gasteiger charge is 2.09. The number of benzene rings is 1. The molecule has 1 heterocycles. The van der Waals surface area contributed by atoms with E-state index in [4.69, 9.17) is 10.5 Å². The van der Waals surface area contributed by atoms with Crippen molar-refractivity contribution in [2.75, 3.05) is 0 Å². The average Bonchev–Trinajstić information content (AvgIpc) is 2.68. The number of nitrogens with zero attached hydrogens (tertiary/aromatic N) is 3. The number of hydrogen-bond donors (Lipinski definition) is 1. The van der Waals surface area contributed by atoms with Gasteiger partial charge in [0.25, 0.3) is 0 Å². The van der Waals surface area contributed by atoms with E-state index in [1.54, 1.807) is 0 Å². The number of hydrogen-bond acceptors (Lipinski definition) is 4. The summed E-state index contributed by atoms with van der Waals surface area (Å²) in [7, 11) is 1.93. The SMILES string of the molecule is Cc1nnc(COc2ccccc2CC(C)N)n1C. The Morgan fingerprint density at radius 2 is 2.05 bits per heavy atom. The van der Waals surface area contributed by atoms with Gasteiger partial charge < -0.3 is 15.0 Å². The van der Waals surface area contributed by atoms with Crippen LogP contribution in [0.3, 0.4) is 0 Å². The predicted molar refractivity (Wildman–Crippen MR) is 73.9 cm³/mol. The van der Waals surface area contributed by atoms with Gasteiger partial charge in [-0.05, 0) is 31.9 Å². The quantitative estimate of drug-likeness (QED) is 0.886. The first-order valence-electron chi connectivity index (χ1n) is 6.39. The maximum absolute atomic E-state index is 5.85. The monoisotopic (exact) mass is 260 g/mol. The first-order valence-corrected chi connectivity index (χ1v) is 6.39. The van der Waals surface area contributed by atoms with E-state index >= 15 is 0 Å². The average molecular weight is 260 g/mol. The second-order valence-corrected chi connectivity index (χ2v) is 4.80. The Labute approximate surface area is 113 Å². The van der Waals surface area contributed by atoms with Crippen molar-refractivity contribution in [3.63, 3.8) is 0 Å². The summed E-state index contributed by atoms with van der Waals surface area (Å²) in [6.45, 7) is 4.32. The highest BCUT2D eigenvalue weighted by molar-refractivity contribution is 5.33. The van der Waals surface area contributed by atoms with E-state index in [1.165, 1.54) is 0 Å². The van der Waals surface area contributed by atoms with Crippen molar-refractivity contribution in [1.29, 1.82) is 0 Å². The molecule has 2 aromatic rings. The Bertz CT molecular complexity index is 548. The largest absolute Gasteiger partial charge is 0.485 e. The molecule has 0 aliphatic carbocycles. The van der Waals surface area contributed by atoms with Gasteiger partial charge in [-0.3, -0.25) is 0 Å². The third-order valence-electron chi connectivity index (χ3n) is 3.05. The fourth-order valence-corrected chi connectivity index (χ4v) is 1.88. The standard InChI is InChI=1S/C14H20N4O/c1-10(15)8-12-6-4-5-7-13(12)19-9-14-17-16-11(2)18(14)3/h4-7,10H,8-9,15H2,1-3H3.